The molecule has 1 heterocycles. The zero-order valence-corrected chi connectivity index (χ0v) is 54.1. The molecular weight excluding hydrogens is 1290 g/mol. The van der Waals surface area contributed by atoms with Crippen molar-refractivity contribution in [3.8, 4) is 5.69 Å². The van der Waals surface area contributed by atoms with Crippen molar-refractivity contribution in [1.29, 1.82) is 0 Å². The molecule has 0 saturated heterocycles. The molecule has 0 spiro atoms. The van der Waals surface area contributed by atoms with Crippen LogP contribution in [0.4, 0.5) is 15.3 Å². The number of fused-ring (bicyclic) bond motifs is 7. The van der Waals surface area contributed by atoms with E-state index in [1.165, 1.54) is 37.3 Å². The molecule has 4 aliphatic carbocycles. The molecule has 3 fully saturated rings. The van der Waals surface area contributed by atoms with Crippen LogP contribution in [-0.4, -0.2) is 85.1 Å². The van der Waals surface area contributed by atoms with Crippen molar-refractivity contribution in [2.45, 2.75) is 168 Å². The number of rotatable bonds is 5. The number of anilines is 1. The van der Waals surface area contributed by atoms with Crippen molar-refractivity contribution < 1.29 is 38.7 Å². The van der Waals surface area contributed by atoms with Gasteiger partial charge in [0.05, 0.1) is 53.1 Å². The number of halogens is 10. The Bertz CT molecular complexity index is 3050. The number of nitrogens with two attached hydrogens (primary N) is 1. The van der Waals surface area contributed by atoms with Crippen LogP contribution in [0.25, 0.3) is 5.69 Å². The first-order chi connectivity index (χ1) is 35.9. The maximum absolute atomic E-state index is 13.3. The van der Waals surface area contributed by atoms with Crippen molar-refractivity contribution in [1.82, 2.24) is 19.4 Å². The van der Waals surface area contributed by atoms with Crippen LogP contribution in [0.3, 0.4) is 0 Å². The number of ketones is 1. The van der Waals surface area contributed by atoms with Gasteiger partial charge < -0.3 is 19.5 Å². The number of Topliss-reactive ketones (excluding diaryl/α,β-unsaturated/α-hetero) is 1. The van der Waals surface area contributed by atoms with E-state index in [1.54, 1.807) is 64.4 Å². The average molecular weight is 1380 g/mol. The first-order valence-corrected chi connectivity index (χ1v) is 28.5. The summed E-state index contributed by atoms with van der Waals surface area (Å²) >= 11 is 58.9. The Balaban J connectivity index is 0. The molecule has 15 nitrogen and oxygen atoms in total. The van der Waals surface area contributed by atoms with Crippen LogP contribution in [0.1, 0.15) is 163 Å². The van der Waals surface area contributed by atoms with Gasteiger partial charge in [0.25, 0.3) is 5.56 Å². The zero-order chi connectivity index (χ0) is 60.8. The Hall–Kier alpha value is -2.81. The van der Waals surface area contributed by atoms with Gasteiger partial charge in [0.2, 0.25) is 5.24 Å². The molecule has 26 heteroatoms. The van der Waals surface area contributed by atoms with Gasteiger partial charge in [0.15, 0.2) is 5.78 Å². The van der Waals surface area contributed by atoms with E-state index in [0.29, 0.717) is 41.5 Å². The Morgan fingerprint density at radius 1 is 0.667 bits per heavy atom. The van der Waals surface area contributed by atoms with Gasteiger partial charge in [0, 0.05) is 58.1 Å². The Kier molecular flexibility index (Phi) is 30.8. The quantitative estimate of drug-likeness (QED) is 0.0282. The van der Waals surface area contributed by atoms with Crippen LogP contribution < -0.4 is 22.3 Å². The van der Waals surface area contributed by atoms with Gasteiger partial charge >= 0.3 is 19.3 Å². The highest BCUT2D eigenvalue weighted by Gasteiger charge is 2.67. The molecule has 4 bridgehead atoms. The van der Waals surface area contributed by atoms with E-state index in [-0.39, 0.29) is 103 Å². The summed E-state index contributed by atoms with van der Waals surface area (Å²) in [6, 6.07) is 9.14. The van der Waals surface area contributed by atoms with Gasteiger partial charge in [-0.05, 0) is 138 Å². The zero-order valence-electron chi connectivity index (χ0n) is 46.5. The number of hydrazine groups is 2. The molecule has 5 N–H and O–H groups in total. The Labute approximate surface area is 549 Å². The Morgan fingerprint density at radius 2 is 1.11 bits per heavy atom. The molecule has 3 aromatic carbocycles. The maximum Gasteiger partial charge on any atom is 0.490 e. The fourth-order valence-electron chi connectivity index (χ4n) is 10.6. The standard InChI is InChI=1S/C18H19Cl3N2O.C12H15Cl3N2O2.C11H15ClO2.C6H4BCl3O2.C6H14N2O2.5CH4/c1-17(2)10-5-6-18(17,3)15-13(10)16(24)23(22(15)4)12-8-9(19)7-11(20)14(12)21;1-12(2,3)19-11(18)17(4)16-9-6-7(13)5-8(14)10(9)15;1-10(2)6-4-5-11(10,3)8(13)7(6)9(12)14;8-3-1-4(7(11)12)6(10)5(9)2-3;1-6(2,3)10-5(9)8(4)7;;;;;/h7-8,10H,5-6H2,1-4H3;5-6,16H,1-4H3;6-7H,4-5H2,1-3H3;1-2,11-12H;7H2,1-4H3;5*1H4/t10-,18+;;6-,7?,11+;;;;;;;/m1.1......./s1. The number of aromatic nitrogens is 2. The second-order valence-corrected chi connectivity index (χ2v) is 27.3. The molecule has 8 rings (SSSR count). The number of amides is 2. The first-order valence-electron chi connectivity index (χ1n) is 24.7. The summed E-state index contributed by atoms with van der Waals surface area (Å²) in [6.07, 6.45) is 2.95. The summed E-state index contributed by atoms with van der Waals surface area (Å²) in [5, 5.41) is 22.0. The smallest absolute Gasteiger partial charge is 0.443 e. The van der Waals surface area contributed by atoms with Crippen LogP contribution in [0.2, 0.25) is 45.2 Å². The van der Waals surface area contributed by atoms with Crippen LogP contribution in [0.15, 0.2) is 41.2 Å². The lowest BCUT2D eigenvalue weighted by atomic mass is 9.70. The van der Waals surface area contributed by atoms with Crippen molar-refractivity contribution in [3.63, 3.8) is 0 Å². The van der Waals surface area contributed by atoms with E-state index in [0.717, 1.165) is 41.9 Å². The van der Waals surface area contributed by atoms with E-state index in [4.69, 9.17) is 141 Å². The summed E-state index contributed by atoms with van der Waals surface area (Å²) in [4.78, 5) is 59.0. The van der Waals surface area contributed by atoms with Gasteiger partial charge in [0.1, 0.15) is 11.2 Å². The van der Waals surface area contributed by atoms with Crippen molar-refractivity contribution >= 4 is 157 Å². The number of ether oxygens (including phenoxy) is 2. The lowest BCUT2D eigenvalue weighted by Gasteiger charge is -2.36. The molecule has 0 radical (unpaired) electrons. The predicted octanol–water partition coefficient (Wildman–Crippen LogP) is 17.8. The minimum Gasteiger partial charge on any atom is -0.443 e. The average Bonchev–Trinajstić information content (AvgIpc) is 2.02. The fourth-order valence-corrected chi connectivity index (χ4v) is 12.9. The van der Waals surface area contributed by atoms with Crippen molar-refractivity contribution in [2.75, 3.05) is 19.5 Å². The van der Waals surface area contributed by atoms with E-state index < -0.39 is 41.7 Å². The summed E-state index contributed by atoms with van der Waals surface area (Å²) in [5.74, 6) is 5.07. The third-order valence-electron chi connectivity index (χ3n) is 15.3. The van der Waals surface area contributed by atoms with Crippen molar-refractivity contribution in [3.05, 3.63) is 103 Å². The van der Waals surface area contributed by atoms with E-state index in [2.05, 4.69) is 40.0 Å². The van der Waals surface area contributed by atoms with Gasteiger partial charge in [-0.2, -0.15) is 0 Å². The number of hydrogen-bond donors (Lipinski definition) is 4. The summed E-state index contributed by atoms with van der Waals surface area (Å²) in [7, 11) is 3.22. The fraction of sp³-hybridized carbons (Fsp3) is 0.569. The second-order valence-electron chi connectivity index (χ2n) is 23.3. The largest absolute Gasteiger partial charge is 0.490 e. The SMILES string of the molecule is C.C.C.C.C.CC1(C)[C@@H]2CC[C@@]1(C)C(=O)C2C(=O)Cl.CN(N)C(=O)OC(C)(C)C.CN(Nc1cc(Cl)cc(Cl)c1Cl)C(=O)OC(C)(C)C.Cn1c2c(c(=O)n1-c1cc(Cl)cc(Cl)c1Cl)[C@H]1CC[C@]2(C)C1(C)C.OB(O)c1cc(Cl)cc(Cl)c1Cl. The van der Waals surface area contributed by atoms with Gasteiger partial charge in [-0.3, -0.25) is 24.5 Å². The third-order valence-corrected chi connectivity index (χ3v) is 18.6. The predicted molar refractivity (Wildman–Crippen MR) is 355 cm³/mol. The topological polar surface area (TPSA) is 199 Å². The van der Waals surface area contributed by atoms with Gasteiger partial charge in [-0.25, -0.2) is 30.1 Å². The molecule has 4 aliphatic rings. The van der Waals surface area contributed by atoms with Crippen molar-refractivity contribution in [2.24, 2.45) is 41.0 Å². The molecule has 0 aliphatic heterocycles. The molecule has 1 aromatic heterocycles. The molecule has 84 heavy (non-hydrogen) atoms. The molecule has 3 saturated carbocycles. The summed E-state index contributed by atoms with van der Waals surface area (Å²) in [6.45, 7) is 23.7. The minimum absolute atomic E-state index is 0. The number of benzene rings is 3. The lowest BCUT2D eigenvalue weighted by Crippen LogP contribution is -2.38. The van der Waals surface area contributed by atoms with E-state index in [9.17, 15) is 24.0 Å². The van der Waals surface area contributed by atoms with E-state index in [1.807, 2.05) is 18.7 Å². The number of hydrogen-bond acceptors (Lipinski definition) is 11. The van der Waals surface area contributed by atoms with Gasteiger partial charge in [-0.1, -0.05) is 183 Å². The highest BCUT2D eigenvalue weighted by Crippen LogP contribution is 2.67. The number of nitrogens with one attached hydrogen (secondary N) is 1. The third kappa shape index (κ3) is 17.7. The molecular formula is C58H87BCl10N6O9. The van der Waals surface area contributed by atoms with Gasteiger partial charge in [-0.15, -0.1) is 0 Å². The molecule has 4 aromatic rings. The second kappa shape index (κ2) is 31.1. The molecule has 2 amide bonds. The highest BCUT2D eigenvalue weighted by atomic mass is 35.5. The highest BCUT2D eigenvalue weighted by molar-refractivity contribution is 6.66. The molecule has 476 valence electrons. The lowest BCUT2D eigenvalue weighted by molar-refractivity contribution is -0.135. The maximum atomic E-state index is 13.3. The normalized spacial score (nSPS) is 20.3. The molecule has 1 unspecified atom stereocenters. The number of carbonyl (C=O) groups is 4. The summed E-state index contributed by atoms with van der Waals surface area (Å²) < 4.78 is 13.6. The van der Waals surface area contributed by atoms with Crippen LogP contribution in [-0.2, 0) is 31.5 Å². The van der Waals surface area contributed by atoms with Crippen LogP contribution >= 0.6 is 116 Å². The van der Waals surface area contributed by atoms with Crippen LogP contribution in [0, 0.1) is 28.1 Å². The summed E-state index contributed by atoms with van der Waals surface area (Å²) in [5.41, 5.74) is 4.52. The molecule has 5 atom stereocenters. The minimum atomic E-state index is -1.66. The Morgan fingerprint density at radius 3 is 1.51 bits per heavy atom. The number of nitrogens with zero attached hydrogens (tertiary/aromatic N) is 4. The first kappa shape index (κ1) is 83.3. The van der Waals surface area contributed by atoms with Crippen LogP contribution in [0.5, 0.6) is 0 Å². The number of carbonyl (C=O) groups excluding carboxylic acids is 4. The monoisotopic (exact) mass is 1370 g/mol. The van der Waals surface area contributed by atoms with E-state index >= 15 is 0 Å².